The first-order valence-corrected chi connectivity index (χ1v) is 9.60. The van der Waals surface area contributed by atoms with Gasteiger partial charge in [-0.15, -0.1) is 0 Å². The molecule has 0 atom stereocenters. The number of primary amides is 1. The summed E-state index contributed by atoms with van der Waals surface area (Å²) in [5.41, 5.74) is 6.15. The molecular formula is C20H22ClN5O3. The number of nitrogens with zero attached hydrogens (tertiary/aromatic N) is 4. The van der Waals surface area contributed by atoms with Crippen molar-refractivity contribution in [1.82, 2.24) is 19.6 Å². The molecule has 1 aliphatic rings. The van der Waals surface area contributed by atoms with Gasteiger partial charge in [-0.05, 0) is 37.5 Å². The van der Waals surface area contributed by atoms with Crippen LogP contribution in [-0.4, -0.2) is 38.7 Å². The molecule has 1 fully saturated rings. The highest BCUT2D eigenvalue weighted by Gasteiger charge is 2.16. The fourth-order valence-electron chi connectivity index (χ4n) is 2.81. The Morgan fingerprint density at radius 3 is 2.34 bits per heavy atom. The molecule has 1 saturated heterocycles. The lowest BCUT2D eigenvalue weighted by atomic mass is 10.1. The van der Waals surface area contributed by atoms with E-state index in [2.05, 4.69) is 10.2 Å². The predicted octanol–water partition coefficient (Wildman–Crippen LogP) is 2.57. The molecule has 0 aliphatic carbocycles. The normalized spacial score (nSPS) is 13.4. The molecule has 0 radical (unpaired) electrons. The number of hydrogen-bond acceptors (Lipinski definition) is 5. The van der Waals surface area contributed by atoms with Crippen molar-refractivity contribution in [3.8, 4) is 16.9 Å². The number of ether oxygens (including phenoxy) is 1. The first kappa shape index (κ1) is 20.8. The van der Waals surface area contributed by atoms with Crippen LogP contribution in [0.1, 0.15) is 29.6 Å². The highest BCUT2D eigenvalue weighted by molar-refractivity contribution is 6.30. The minimum absolute atomic E-state index is 0.145. The summed E-state index contributed by atoms with van der Waals surface area (Å²) in [5, 5.41) is 8.88. The third kappa shape index (κ3) is 5.30. The summed E-state index contributed by atoms with van der Waals surface area (Å²) in [5.74, 6) is -0.815. The fourth-order valence-corrected chi connectivity index (χ4v) is 2.94. The Labute approximate surface area is 172 Å². The number of nitrogens with two attached hydrogens (primary N) is 1. The zero-order chi connectivity index (χ0) is 20.8. The highest BCUT2D eigenvalue weighted by Crippen LogP contribution is 2.20. The Hall–Kier alpha value is -2.97. The molecule has 1 aromatic carbocycles. The van der Waals surface area contributed by atoms with E-state index >= 15 is 0 Å². The minimum Gasteiger partial charge on any atom is -0.381 e. The molecule has 29 heavy (non-hydrogen) atoms. The Morgan fingerprint density at radius 1 is 1.17 bits per heavy atom. The molecule has 0 unspecified atom stereocenters. The average Bonchev–Trinajstić information content (AvgIpc) is 3.16. The van der Waals surface area contributed by atoms with E-state index in [1.807, 2.05) is 0 Å². The molecule has 0 spiro atoms. The number of carbonyl (C=O) groups excluding carboxylic acids is 1. The van der Waals surface area contributed by atoms with Crippen molar-refractivity contribution in [3.63, 3.8) is 0 Å². The van der Waals surface area contributed by atoms with Gasteiger partial charge >= 0.3 is 0 Å². The van der Waals surface area contributed by atoms with Crippen LogP contribution in [0.4, 0.5) is 0 Å². The Bertz CT molecular complexity index is 1030. The summed E-state index contributed by atoms with van der Waals surface area (Å²) in [6.07, 6.45) is 7.02. The van der Waals surface area contributed by atoms with Crippen molar-refractivity contribution in [3.05, 3.63) is 63.7 Å². The second-order valence-electron chi connectivity index (χ2n) is 6.58. The van der Waals surface area contributed by atoms with E-state index in [9.17, 15) is 9.59 Å². The maximum atomic E-state index is 12.4. The summed E-state index contributed by atoms with van der Waals surface area (Å²) in [6.45, 7) is 2.00. The summed E-state index contributed by atoms with van der Waals surface area (Å²) < 4.78 is 7.71. The molecular weight excluding hydrogens is 394 g/mol. The Kier molecular flexibility index (Phi) is 6.79. The van der Waals surface area contributed by atoms with Gasteiger partial charge in [0, 0.05) is 30.8 Å². The van der Waals surface area contributed by atoms with Gasteiger partial charge in [0.05, 0.1) is 18.1 Å². The lowest BCUT2D eigenvalue weighted by Gasteiger charge is -2.08. The molecule has 3 heterocycles. The molecule has 9 heteroatoms. The smallest absolute Gasteiger partial charge is 0.284 e. The number of rotatable bonds is 3. The Morgan fingerprint density at radius 2 is 1.86 bits per heavy atom. The van der Waals surface area contributed by atoms with Crippen molar-refractivity contribution in [1.29, 1.82) is 0 Å². The van der Waals surface area contributed by atoms with Crippen LogP contribution in [0.3, 0.4) is 0 Å². The van der Waals surface area contributed by atoms with Crippen LogP contribution in [0, 0.1) is 0 Å². The van der Waals surface area contributed by atoms with Gasteiger partial charge in [-0.2, -0.15) is 14.9 Å². The van der Waals surface area contributed by atoms with Gasteiger partial charge in [0.15, 0.2) is 0 Å². The van der Waals surface area contributed by atoms with E-state index < -0.39 is 11.5 Å². The third-order valence-electron chi connectivity index (χ3n) is 4.33. The molecule has 0 saturated carbocycles. The van der Waals surface area contributed by atoms with Gasteiger partial charge in [-0.3, -0.25) is 14.3 Å². The largest absolute Gasteiger partial charge is 0.381 e. The third-order valence-corrected chi connectivity index (χ3v) is 4.58. The van der Waals surface area contributed by atoms with Crippen molar-refractivity contribution < 1.29 is 9.53 Å². The van der Waals surface area contributed by atoms with Crippen molar-refractivity contribution in [2.75, 3.05) is 13.2 Å². The lowest BCUT2D eigenvalue weighted by molar-refractivity contribution is 0.0968. The quantitative estimate of drug-likeness (QED) is 0.707. The molecule has 3 aromatic rings. The predicted molar refractivity (Wildman–Crippen MR) is 110 cm³/mol. The number of hydrogen-bond donors (Lipinski definition) is 1. The molecule has 4 rings (SSSR count). The van der Waals surface area contributed by atoms with Crippen LogP contribution in [-0.2, 0) is 11.8 Å². The van der Waals surface area contributed by atoms with E-state index in [1.165, 1.54) is 36.2 Å². The van der Waals surface area contributed by atoms with E-state index in [0.29, 0.717) is 22.0 Å². The van der Waals surface area contributed by atoms with E-state index in [4.69, 9.17) is 22.1 Å². The van der Waals surface area contributed by atoms with Gasteiger partial charge in [-0.25, -0.2) is 0 Å². The van der Waals surface area contributed by atoms with Gasteiger partial charge in [-0.1, -0.05) is 23.7 Å². The SMILES string of the molecule is C1CCOCC1.Cn1cc(-n2nc(-c3ccc(Cl)cc3)cc(C(N)=O)c2=O)cn1. The van der Waals surface area contributed by atoms with Crippen LogP contribution in [0.25, 0.3) is 16.9 Å². The average molecular weight is 416 g/mol. The zero-order valence-corrected chi connectivity index (χ0v) is 16.8. The second kappa shape index (κ2) is 9.49. The first-order valence-electron chi connectivity index (χ1n) is 9.22. The van der Waals surface area contributed by atoms with Crippen LogP contribution >= 0.6 is 11.6 Å². The van der Waals surface area contributed by atoms with Crippen LogP contribution in [0.5, 0.6) is 0 Å². The van der Waals surface area contributed by atoms with Crippen molar-refractivity contribution in [2.45, 2.75) is 19.3 Å². The van der Waals surface area contributed by atoms with E-state index in [-0.39, 0.29) is 5.56 Å². The molecule has 0 bridgehead atoms. The number of aryl methyl sites for hydroxylation is 1. The number of amides is 1. The maximum absolute atomic E-state index is 12.4. The van der Waals surface area contributed by atoms with E-state index in [1.54, 1.807) is 37.5 Å². The first-order chi connectivity index (χ1) is 14.0. The van der Waals surface area contributed by atoms with Crippen molar-refractivity contribution >= 4 is 17.5 Å². The molecule has 2 N–H and O–H groups in total. The summed E-state index contributed by atoms with van der Waals surface area (Å²) in [4.78, 5) is 24.0. The molecule has 1 aliphatic heterocycles. The number of carbonyl (C=O) groups is 1. The van der Waals surface area contributed by atoms with Crippen LogP contribution in [0.2, 0.25) is 5.02 Å². The monoisotopic (exact) mass is 415 g/mol. The van der Waals surface area contributed by atoms with Gasteiger partial charge in [0.25, 0.3) is 11.5 Å². The summed E-state index contributed by atoms with van der Waals surface area (Å²) in [6, 6.07) is 8.26. The number of aromatic nitrogens is 4. The van der Waals surface area contributed by atoms with E-state index in [0.717, 1.165) is 17.9 Å². The van der Waals surface area contributed by atoms with Crippen LogP contribution in [0.15, 0.2) is 47.5 Å². The molecule has 8 nitrogen and oxygen atoms in total. The van der Waals surface area contributed by atoms with Crippen LogP contribution < -0.4 is 11.3 Å². The lowest BCUT2D eigenvalue weighted by Crippen LogP contribution is -2.30. The fraction of sp³-hybridized carbons (Fsp3) is 0.300. The highest BCUT2D eigenvalue weighted by atomic mass is 35.5. The van der Waals surface area contributed by atoms with Gasteiger partial charge in [0.1, 0.15) is 11.3 Å². The topological polar surface area (TPSA) is 105 Å². The minimum atomic E-state index is -0.815. The second-order valence-corrected chi connectivity index (χ2v) is 7.01. The van der Waals surface area contributed by atoms with Gasteiger partial charge in [0.2, 0.25) is 0 Å². The number of halogens is 1. The summed E-state index contributed by atoms with van der Waals surface area (Å²) >= 11 is 5.88. The van der Waals surface area contributed by atoms with Crippen molar-refractivity contribution in [2.24, 2.45) is 12.8 Å². The molecule has 152 valence electrons. The standard InChI is InChI=1S/C15H12ClN5O2.C5H10O/c1-20-8-11(7-18-20)21-15(23)12(14(17)22)6-13(19-21)9-2-4-10(16)5-3-9;1-2-4-6-5-3-1/h2-8H,1H3,(H2,17,22);1-5H2. The zero-order valence-electron chi connectivity index (χ0n) is 16.0. The maximum Gasteiger partial charge on any atom is 0.284 e. The molecule has 2 aromatic heterocycles. The summed E-state index contributed by atoms with van der Waals surface area (Å²) in [7, 11) is 1.71. The number of benzene rings is 1. The Balaban J connectivity index is 0.000000343. The molecule has 1 amide bonds. The van der Waals surface area contributed by atoms with Gasteiger partial charge < -0.3 is 10.5 Å².